The van der Waals surface area contributed by atoms with Crippen LogP contribution in [0.3, 0.4) is 0 Å². The number of amides is 2. The Kier molecular flexibility index (Phi) is 6.18. The van der Waals surface area contributed by atoms with E-state index < -0.39 is 5.91 Å². The average molecular weight is 434 g/mol. The average Bonchev–Trinajstić information content (AvgIpc) is 3.09. The molecular weight excluding hydrogens is 406 g/mol. The predicted molar refractivity (Wildman–Crippen MR) is 123 cm³/mol. The molecule has 0 bridgehead atoms. The number of nitrogens with zero attached hydrogens (tertiary/aromatic N) is 5. The fourth-order valence-electron chi connectivity index (χ4n) is 4.05. The molecule has 32 heavy (non-hydrogen) atoms. The van der Waals surface area contributed by atoms with Gasteiger partial charge in [-0.05, 0) is 50.2 Å². The largest absolute Gasteiger partial charge is 0.366 e. The van der Waals surface area contributed by atoms with Gasteiger partial charge in [0.2, 0.25) is 11.8 Å². The van der Waals surface area contributed by atoms with Crippen LogP contribution in [0.1, 0.15) is 21.7 Å². The van der Waals surface area contributed by atoms with Gasteiger partial charge in [0.1, 0.15) is 0 Å². The number of hydrogen-bond acceptors (Lipinski definition) is 6. The lowest BCUT2D eigenvalue weighted by atomic mass is 10.2. The SMILES string of the molecule is Cc1nn(-c2ccccn2)c(C)c1N1CCN(CC(=O)Nc2ccc(C(N)=O)cc2)CC1. The van der Waals surface area contributed by atoms with Gasteiger partial charge in [0, 0.05) is 43.6 Å². The molecule has 166 valence electrons. The lowest BCUT2D eigenvalue weighted by molar-refractivity contribution is -0.117. The molecule has 1 aromatic carbocycles. The van der Waals surface area contributed by atoms with Gasteiger partial charge in [-0.3, -0.25) is 14.5 Å². The van der Waals surface area contributed by atoms with Crippen LogP contribution >= 0.6 is 0 Å². The summed E-state index contributed by atoms with van der Waals surface area (Å²) in [7, 11) is 0. The molecule has 0 aliphatic carbocycles. The number of benzene rings is 1. The number of nitrogens with two attached hydrogens (primary N) is 1. The lowest BCUT2D eigenvalue weighted by Crippen LogP contribution is -2.49. The van der Waals surface area contributed by atoms with E-state index in [1.807, 2.05) is 29.8 Å². The van der Waals surface area contributed by atoms with Crippen LogP contribution in [0.5, 0.6) is 0 Å². The summed E-state index contributed by atoms with van der Waals surface area (Å²) in [5.41, 5.74) is 9.47. The quantitative estimate of drug-likeness (QED) is 0.613. The maximum absolute atomic E-state index is 12.4. The number of rotatable bonds is 6. The molecule has 1 aliphatic rings. The molecule has 9 heteroatoms. The smallest absolute Gasteiger partial charge is 0.248 e. The number of carbonyl (C=O) groups is 2. The number of anilines is 2. The molecule has 0 saturated carbocycles. The first-order valence-corrected chi connectivity index (χ1v) is 10.6. The number of nitrogens with one attached hydrogen (secondary N) is 1. The highest BCUT2D eigenvalue weighted by Crippen LogP contribution is 2.27. The summed E-state index contributed by atoms with van der Waals surface area (Å²) < 4.78 is 1.88. The Hall–Kier alpha value is -3.72. The van der Waals surface area contributed by atoms with E-state index in [1.165, 1.54) is 0 Å². The first kappa shape index (κ1) is 21.5. The molecule has 1 saturated heterocycles. The molecule has 0 atom stereocenters. The van der Waals surface area contributed by atoms with Crippen molar-refractivity contribution in [3.05, 3.63) is 65.6 Å². The van der Waals surface area contributed by atoms with E-state index in [0.717, 1.165) is 49.1 Å². The van der Waals surface area contributed by atoms with Crippen molar-refractivity contribution in [1.29, 1.82) is 0 Å². The molecule has 1 fully saturated rings. The van der Waals surface area contributed by atoms with Crippen LogP contribution in [-0.4, -0.2) is 64.2 Å². The highest BCUT2D eigenvalue weighted by molar-refractivity contribution is 5.95. The molecule has 3 aromatic rings. The van der Waals surface area contributed by atoms with Crippen LogP contribution < -0.4 is 16.0 Å². The summed E-state index contributed by atoms with van der Waals surface area (Å²) in [6, 6.07) is 12.4. The zero-order chi connectivity index (χ0) is 22.7. The molecule has 4 rings (SSSR count). The number of carbonyl (C=O) groups excluding carboxylic acids is 2. The summed E-state index contributed by atoms with van der Waals surface area (Å²) >= 11 is 0. The zero-order valence-electron chi connectivity index (χ0n) is 18.3. The molecule has 2 amide bonds. The second kappa shape index (κ2) is 9.19. The first-order valence-electron chi connectivity index (χ1n) is 10.6. The molecule has 2 aromatic heterocycles. The minimum Gasteiger partial charge on any atom is -0.366 e. The van der Waals surface area contributed by atoms with Crippen LogP contribution in [0.4, 0.5) is 11.4 Å². The highest BCUT2D eigenvalue weighted by atomic mass is 16.2. The summed E-state index contributed by atoms with van der Waals surface area (Å²) in [6.45, 7) is 7.59. The van der Waals surface area contributed by atoms with Gasteiger partial charge < -0.3 is 16.0 Å². The van der Waals surface area contributed by atoms with Crippen molar-refractivity contribution in [2.45, 2.75) is 13.8 Å². The van der Waals surface area contributed by atoms with E-state index in [2.05, 4.69) is 27.0 Å². The number of primary amides is 1. The van der Waals surface area contributed by atoms with Crippen molar-refractivity contribution in [2.24, 2.45) is 5.73 Å². The first-order chi connectivity index (χ1) is 15.4. The van der Waals surface area contributed by atoms with E-state index in [9.17, 15) is 9.59 Å². The molecule has 9 nitrogen and oxygen atoms in total. The predicted octanol–water partition coefficient (Wildman–Crippen LogP) is 1.74. The lowest BCUT2D eigenvalue weighted by Gasteiger charge is -2.35. The molecule has 3 N–H and O–H groups in total. The van der Waals surface area contributed by atoms with Gasteiger partial charge in [-0.2, -0.15) is 5.10 Å². The molecule has 0 spiro atoms. The van der Waals surface area contributed by atoms with E-state index in [-0.39, 0.29) is 5.91 Å². The highest BCUT2D eigenvalue weighted by Gasteiger charge is 2.24. The number of pyridine rings is 1. The number of aryl methyl sites for hydroxylation is 1. The van der Waals surface area contributed by atoms with Gasteiger partial charge in [0.05, 0.1) is 23.6 Å². The fourth-order valence-corrected chi connectivity index (χ4v) is 4.05. The zero-order valence-corrected chi connectivity index (χ0v) is 18.3. The normalized spacial score (nSPS) is 14.4. The maximum atomic E-state index is 12.4. The number of hydrogen-bond donors (Lipinski definition) is 2. The Morgan fingerprint density at radius 2 is 1.75 bits per heavy atom. The van der Waals surface area contributed by atoms with Crippen molar-refractivity contribution < 1.29 is 9.59 Å². The van der Waals surface area contributed by atoms with Crippen molar-refractivity contribution in [3.8, 4) is 5.82 Å². The molecule has 0 unspecified atom stereocenters. The topological polar surface area (TPSA) is 109 Å². The third kappa shape index (κ3) is 4.62. The molecule has 1 aliphatic heterocycles. The van der Waals surface area contributed by atoms with E-state index in [1.54, 1.807) is 30.5 Å². The third-order valence-electron chi connectivity index (χ3n) is 5.63. The second-order valence-electron chi connectivity index (χ2n) is 7.87. The van der Waals surface area contributed by atoms with Crippen LogP contribution in [0, 0.1) is 13.8 Å². The van der Waals surface area contributed by atoms with Gasteiger partial charge in [0.25, 0.3) is 0 Å². The summed E-state index contributed by atoms with van der Waals surface area (Å²) in [5.74, 6) is 0.232. The van der Waals surface area contributed by atoms with Gasteiger partial charge in [-0.15, -0.1) is 0 Å². The van der Waals surface area contributed by atoms with Gasteiger partial charge >= 0.3 is 0 Å². The number of aromatic nitrogens is 3. The maximum Gasteiger partial charge on any atom is 0.248 e. The standard InChI is InChI=1S/C23H27N7O2/c1-16-22(17(2)30(27-16)20-5-3-4-10-25-20)29-13-11-28(12-14-29)15-21(31)26-19-8-6-18(7-9-19)23(24)32/h3-10H,11-15H2,1-2H3,(H2,24,32)(H,26,31). The Bertz CT molecular complexity index is 1100. The second-order valence-corrected chi connectivity index (χ2v) is 7.87. The molecule has 3 heterocycles. The summed E-state index contributed by atoms with van der Waals surface area (Å²) in [6.07, 6.45) is 1.77. The Morgan fingerprint density at radius 3 is 2.38 bits per heavy atom. The van der Waals surface area contributed by atoms with Crippen LogP contribution in [0.25, 0.3) is 5.82 Å². The number of piperazine rings is 1. The van der Waals surface area contributed by atoms with Crippen molar-refractivity contribution >= 4 is 23.2 Å². The van der Waals surface area contributed by atoms with Crippen LogP contribution in [0.15, 0.2) is 48.7 Å². The van der Waals surface area contributed by atoms with E-state index >= 15 is 0 Å². The molecular formula is C23H27N7O2. The van der Waals surface area contributed by atoms with Gasteiger partial charge in [0.15, 0.2) is 5.82 Å². The Labute approximate surface area is 186 Å². The van der Waals surface area contributed by atoms with Crippen LogP contribution in [-0.2, 0) is 4.79 Å². The Balaban J connectivity index is 1.34. The minimum atomic E-state index is -0.489. The minimum absolute atomic E-state index is 0.0828. The Morgan fingerprint density at radius 1 is 1.03 bits per heavy atom. The monoisotopic (exact) mass is 433 g/mol. The van der Waals surface area contributed by atoms with Gasteiger partial charge in [-0.25, -0.2) is 9.67 Å². The van der Waals surface area contributed by atoms with E-state index in [0.29, 0.717) is 17.8 Å². The summed E-state index contributed by atoms with van der Waals surface area (Å²) in [4.78, 5) is 32.5. The van der Waals surface area contributed by atoms with E-state index in [4.69, 9.17) is 10.8 Å². The molecule has 0 radical (unpaired) electrons. The van der Waals surface area contributed by atoms with Crippen molar-refractivity contribution in [3.63, 3.8) is 0 Å². The van der Waals surface area contributed by atoms with Crippen LogP contribution in [0.2, 0.25) is 0 Å². The summed E-state index contributed by atoms with van der Waals surface area (Å²) in [5, 5.41) is 7.56. The third-order valence-corrected chi connectivity index (χ3v) is 5.63. The van der Waals surface area contributed by atoms with Crippen molar-refractivity contribution in [2.75, 3.05) is 42.9 Å². The fraction of sp³-hybridized carbons (Fsp3) is 0.304. The van der Waals surface area contributed by atoms with Gasteiger partial charge in [-0.1, -0.05) is 6.07 Å². The van der Waals surface area contributed by atoms with Crippen molar-refractivity contribution in [1.82, 2.24) is 19.7 Å².